The largest absolute Gasteiger partial charge is 0.388 e. The lowest BCUT2D eigenvalue weighted by Crippen LogP contribution is -2.42. The molecule has 2 N–H and O–H groups in total. The van der Waals surface area contributed by atoms with Crippen LogP contribution in [0.4, 0.5) is 0 Å². The molecule has 6 atom stereocenters. The number of nitrogens with zero attached hydrogens (tertiary/aromatic N) is 1. The van der Waals surface area contributed by atoms with Crippen LogP contribution in [0.15, 0.2) is 35.5 Å². The van der Waals surface area contributed by atoms with Crippen LogP contribution in [0.5, 0.6) is 0 Å². The average Bonchev–Trinajstić information content (AvgIpc) is 2.85. The van der Waals surface area contributed by atoms with Gasteiger partial charge < -0.3 is 14.9 Å². The monoisotopic (exact) mass is 445 g/mol. The lowest BCUT2D eigenvalue weighted by molar-refractivity contribution is -0.0203. The predicted octanol–water partition coefficient (Wildman–Crippen LogP) is 5.26. The average molecular weight is 446 g/mol. The smallest absolute Gasteiger partial charge is 0.0809 e. The van der Waals surface area contributed by atoms with Crippen LogP contribution >= 0.6 is 0 Å². The van der Waals surface area contributed by atoms with Crippen LogP contribution in [0.1, 0.15) is 78.6 Å². The Kier molecular flexibility index (Phi) is 10.0. The fourth-order valence-corrected chi connectivity index (χ4v) is 5.73. The fourth-order valence-electron chi connectivity index (χ4n) is 5.73. The van der Waals surface area contributed by atoms with E-state index in [4.69, 9.17) is 4.74 Å². The quantitative estimate of drug-likeness (QED) is 0.567. The number of morpholine rings is 1. The standard InChI is InChI=1S/C28H47NO3/c1-20-9-11-25(21(2)13-14-29-15-16-32-22(3)19-29)7-5-6-8-26(20)12-10-24-17-27(30)23(4)28(31)18-24/h10,12,20-22,25,27-28,30-31H,4-9,11,13-19H2,1-3H3/b26-12+/t20-,21+,22+,25+,27+,28+/m0/s1. The number of aliphatic hydroxyl groups is 2. The van der Waals surface area contributed by atoms with Gasteiger partial charge in [0, 0.05) is 13.1 Å². The normalized spacial score (nSPS) is 35.8. The number of rotatable bonds is 5. The topological polar surface area (TPSA) is 52.9 Å². The van der Waals surface area contributed by atoms with Gasteiger partial charge in [0.25, 0.3) is 0 Å². The van der Waals surface area contributed by atoms with Gasteiger partial charge in [0.05, 0.1) is 24.9 Å². The Morgan fingerprint density at radius 2 is 1.84 bits per heavy atom. The molecule has 2 aliphatic carbocycles. The van der Waals surface area contributed by atoms with Crippen LogP contribution in [-0.4, -0.2) is 59.7 Å². The van der Waals surface area contributed by atoms with Crippen molar-refractivity contribution < 1.29 is 14.9 Å². The first-order chi connectivity index (χ1) is 15.3. The lowest BCUT2D eigenvalue weighted by Gasteiger charge is -2.33. The summed E-state index contributed by atoms with van der Waals surface area (Å²) < 4.78 is 5.69. The Bertz CT molecular complexity index is 654. The number of allylic oxidation sites excluding steroid dienone is 3. The molecule has 0 aromatic carbocycles. The zero-order valence-corrected chi connectivity index (χ0v) is 20.8. The van der Waals surface area contributed by atoms with E-state index in [-0.39, 0.29) is 0 Å². The summed E-state index contributed by atoms with van der Waals surface area (Å²) in [6.07, 6.45) is 13.9. The molecule has 2 saturated carbocycles. The maximum Gasteiger partial charge on any atom is 0.0809 e. The molecule has 0 bridgehead atoms. The highest BCUT2D eigenvalue weighted by atomic mass is 16.5. The Balaban J connectivity index is 1.52. The first-order valence-electron chi connectivity index (χ1n) is 13.1. The van der Waals surface area contributed by atoms with Crippen molar-refractivity contribution in [3.05, 3.63) is 35.5 Å². The molecule has 1 heterocycles. The molecule has 0 amide bonds. The molecule has 0 aromatic heterocycles. The van der Waals surface area contributed by atoms with Gasteiger partial charge in [-0.25, -0.2) is 0 Å². The van der Waals surface area contributed by atoms with Crippen molar-refractivity contribution in [1.29, 1.82) is 0 Å². The highest BCUT2D eigenvalue weighted by Crippen LogP contribution is 2.34. The van der Waals surface area contributed by atoms with E-state index in [2.05, 4.69) is 44.4 Å². The Labute approximate surface area is 196 Å². The number of aliphatic hydroxyl groups excluding tert-OH is 2. The predicted molar refractivity (Wildman–Crippen MR) is 133 cm³/mol. The van der Waals surface area contributed by atoms with Crippen LogP contribution in [-0.2, 0) is 4.74 Å². The zero-order valence-electron chi connectivity index (χ0n) is 20.8. The van der Waals surface area contributed by atoms with E-state index in [9.17, 15) is 10.2 Å². The molecule has 0 unspecified atom stereocenters. The molecule has 32 heavy (non-hydrogen) atoms. The van der Waals surface area contributed by atoms with Gasteiger partial charge >= 0.3 is 0 Å². The van der Waals surface area contributed by atoms with Gasteiger partial charge in [0.2, 0.25) is 0 Å². The van der Waals surface area contributed by atoms with Gasteiger partial charge in [0.15, 0.2) is 0 Å². The molecule has 1 aliphatic heterocycles. The summed E-state index contributed by atoms with van der Waals surface area (Å²) in [5, 5.41) is 20.2. The van der Waals surface area contributed by atoms with E-state index in [0.717, 1.165) is 37.1 Å². The van der Waals surface area contributed by atoms with Gasteiger partial charge in [-0.1, -0.05) is 56.6 Å². The van der Waals surface area contributed by atoms with E-state index >= 15 is 0 Å². The van der Waals surface area contributed by atoms with Crippen LogP contribution in [0.25, 0.3) is 0 Å². The summed E-state index contributed by atoms with van der Waals surface area (Å²) in [6, 6.07) is 0. The van der Waals surface area contributed by atoms with Gasteiger partial charge in [-0.15, -0.1) is 0 Å². The van der Waals surface area contributed by atoms with E-state index in [1.54, 1.807) is 5.57 Å². The van der Waals surface area contributed by atoms with Gasteiger partial charge in [-0.05, 0) is 81.7 Å². The lowest BCUT2D eigenvalue weighted by atomic mass is 9.82. The molecular formula is C28H47NO3. The van der Waals surface area contributed by atoms with Crippen LogP contribution in [0, 0.1) is 17.8 Å². The first kappa shape index (κ1) is 25.7. The van der Waals surface area contributed by atoms with Crippen molar-refractivity contribution in [3.63, 3.8) is 0 Å². The van der Waals surface area contributed by atoms with Crippen LogP contribution in [0.2, 0.25) is 0 Å². The first-order valence-corrected chi connectivity index (χ1v) is 13.1. The van der Waals surface area contributed by atoms with Crippen molar-refractivity contribution in [1.82, 2.24) is 4.90 Å². The minimum Gasteiger partial charge on any atom is -0.388 e. The maximum atomic E-state index is 10.1. The highest BCUT2D eigenvalue weighted by molar-refractivity contribution is 5.27. The molecule has 182 valence electrons. The summed E-state index contributed by atoms with van der Waals surface area (Å²) in [6.45, 7) is 15.1. The summed E-state index contributed by atoms with van der Waals surface area (Å²) in [4.78, 5) is 2.59. The second-order valence-corrected chi connectivity index (χ2v) is 10.8. The minimum absolute atomic E-state index is 0.379. The third kappa shape index (κ3) is 7.55. The maximum absolute atomic E-state index is 10.1. The second-order valence-electron chi connectivity index (χ2n) is 10.8. The van der Waals surface area contributed by atoms with Gasteiger partial charge in [-0.2, -0.15) is 0 Å². The molecule has 3 rings (SSSR count). The Morgan fingerprint density at radius 3 is 2.56 bits per heavy atom. The van der Waals surface area contributed by atoms with Crippen molar-refractivity contribution in [2.24, 2.45) is 17.8 Å². The van der Waals surface area contributed by atoms with Crippen molar-refractivity contribution in [3.8, 4) is 0 Å². The minimum atomic E-state index is -0.607. The third-order valence-electron chi connectivity index (χ3n) is 8.22. The molecule has 4 heteroatoms. The molecule has 4 nitrogen and oxygen atoms in total. The summed E-state index contributed by atoms with van der Waals surface area (Å²) in [5.74, 6) is 2.22. The fraction of sp³-hybridized carbons (Fsp3) is 0.786. The van der Waals surface area contributed by atoms with E-state index in [1.807, 2.05) is 0 Å². The highest BCUT2D eigenvalue weighted by Gasteiger charge is 2.26. The zero-order chi connectivity index (χ0) is 23.1. The molecule has 0 spiro atoms. The Morgan fingerprint density at radius 1 is 1.09 bits per heavy atom. The third-order valence-corrected chi connectivity index (χ3v) is 8.22. The van der Waals surface area contributed by atoms with E-state index in [0.29, 0.717) is 30.4 Å². The Hall–Kier alpha value is -0.940. The van der Waals surface area contributed by atoms with Gasteiger partial charge in [-0.3, -0.25) is 4.90 Å². The van der Waals surface area contributed by atoms with Crippen molar-refractivity contribution in [2.45, 2.75) is 96.9 Å². The number of hydrogen-bond acceptors (Lipinski definition) is 4. The second kappa shape index (κ2) is 12.5. The number of hydrogen-bond donors (Lipinski definition) is 2. The van der Waals surface area contributed by atoms with Crippen LogP contribution in [0.3, 0.4) is 0 Å². The summed E-state index contributed by atoms with van der Waals surface area (Å²) in [7, 11) is 0. The van der Waals surface area contributed by atoms with E-state index < -0.39 is 12.2 Å². The summed E-state index contributed by atoms with van der Waals surface area (Å²) >= 11 is 0. The van der Waals surface area contributed by atoms with Crippen LogP contribution < -0.4 is 0 Å². The molecule has 3 fully saturated rings. The molecular weight excluding hydrogens is 398 g/mol. The van der Waals surface area contributed by atoms with Gasteiger partial charge in [0.1, 0.15) is 0 Å². The molecule has 3 aliphatic rings. The number of ether oxygens (including phenoxy) is 1. The van der Waals surface area contributed by atoms with Crippen molar-refractivity contribution in [2.75, 3.05) is 26.2 Å². The van der Waals surface area contributed by atoms with Crippen molar-refractivity contribution >= 4 is 0 Å². The molecule has 1 saturated heterocycles. The summed E-state index contributed by atoms with van der Waals surface area (Å²) in [5.41, 5.74) is 3.25. The molecule has 0 aromatic rings. The van der Waals surface area contributed by atoms with E-state index in [1.165, 1.54) is 51.5 Å². The SMILES string of the molecule is C=C1[C@H](O)CC(=C/C=C2\CCCC[C@@H]([C@H](C)CCN3CCO[C@H](C)C3)CC[C@@H]2C)C[C@H]1O. The molecule has 0 radical (unpaired) electrons.